The molecule has 1 saturated carbocycles. The van der Waals surface area contributed by atoms with E-state index in [-0.39, 0.29) is 5.91 Å². The Balaban J connectivity index is 1.95. The summed E-state index contributed by atoms with van der Waals surface area (Å²) in [5, 5.41) is 6.02. The van der Waals surface area contributed by atoms with E-state index in [2.05, 4.69) is 17.6 Å². The number of hydrogen-bond acceptors (Lipinski definition) is 3. The molecule has 18 heavy (non-hydrogen) atoms. The van der Waals surface area contributed by atoms with Crippen molar-refractivity contribution < 1.29 is 9.53 Å². The van der Waals surface area contributed by atoms with Gasteiger partial charge in [0.15, 0.2) is 0 Å². The van der Waals surface area contributed by atoms with Crippen LogP contribution in [0.2, 0.25) is 0 Å². The van der Waals surface area contributed by atoms with Crippen LogP contribution in [0, 0.1) is 11.8 Å². The normalized spacial score (nSPS) is 23.9. The molecule has 0 saturated heterocycles. The second-order valence-corrected chi connectivity index (χ2v) is 5.45. The standard InChI is InChI=1S/C14H28N2O2/c1-12-4-3-5-13(10-12)6-7-15-11-14(17)16-8-9-18-2/h12-13,15H,3-11H2,1-2H3,(H,16,17). The lowest BCUT2D eigenvalue weighted by molar-refractivity contribution is -0.120. The summed E-state index contributed by atoms with van der Waals surface area (Å²) in [6.07, 6.45) is 6.71. The molecule has 0 aromatic heterocycles. The van der Waals surface area contributed by atoms with Crippen molar-refractivity contribution >= 4 is 5.91 Å². The highest BCUT2D eigenvalue weighted by molar-refractivity contribution is 5.77. The molecular formula is C14H28N2O2. The Kier molecular flexibility index (Phi) is 8.01. The second-order valence-electron chi connectivity index (χ2n) is 5.45. The van der Waals surface area contributed by atoms with E-state index in [4.69, 9.17) is 4.74 Å². The number of carbonyl (C=O) groups excluding carboxylic acids is 1. The number of ether oxygens (including phenoxy) is 1. The maximum Gasteiger partial charge on any atom is 0.234 e. The SMILES string of the molecule is COCCNC(=O)CNCCC1CCCC(C)C1. The summed E-state index contributed by atoms with van der Waals surface area (Å²) in [4.78, 5) is 11.4. The maximum atomic E-state index is 11.4. The smallest absolute Gasteiger partial charge is 0.234 e. The van der Waals surface area contributed by atoms with E-state index in [9.17, 15) is 4.79 Å². The van der Waals surface area contributed by atoms with Crippen molar-refractivity contribution in [2.45, 2.75) is 39.0 Å². The van der Waals surface area contributed by atoms with Gasteiger partial charge < -0.3 is 15.4 Å². The predicted molar refractivity (Wildman–Crippen MR) is 73.5 cm³/mol. The molecule has 4 heteroatoms. The number of methoxy groups -OCH3 is 1. The van der Waals surface area contributed by atoms with Crippen LogP contribution in [-0.2, 0) is 9.53 Å². The Morgan fingerprint density at radius 3 is 2.89 bits per heavy atom. The Bertz CT molecular complexity index is 234. The van der Waals surface area contributed by atoms with Crippen LogP contribution in [0.1, 0.15) is 39.0 Å². The molecule has 1 aliphatic rings. The van der Waals surface area contributed by atoms with Gasteiger partial charge in [0.2, 0.25) is 5.91 Å². The van der Waals surface area contributed by atoms with Crippen LogP contribution in [0.4, 0.5) is 0 Å². The van der Waals surface area contributed by atoms with E-state index in [1.807, 2.05) is 0 Å². The molecule has 0 heterocycles. The fraction of sp³-hybridized carbons (Fsp3) is 0.929. The molecule has 0 aromatic rings. The summed E-state index contributed by atoms with van der Waals surface area (Å²) < 4.78 is 4.87. The first-order chi connectivity index (χ1) is 8.72. The molecule has 2 unspecified atom stereocenters. The van der Waals surface area contributed by atoms with E-state index < -0.39 is 0 Å². The summed E-state index contributed by atoms with van der Waals surface area (Å²) in [5.74, 6) is 1.81. The lowest BCUT2D eigenvalue weighted by atomic mass is 9.81. The van der Waals surface area contributed by atoms with Gasteiger partial charge in [-0.2, -0.15) is 0 Å². The van der Waals surface area contributed by atoms with E-state index in [0.717, 1.165) is 18.4 Å². The molecule has 1 amide bonds. The second kappa shape index (κ2) is 9.34. The van der Waals surface area contributed by atoms with Crippen LogP contribution in [0.15, 0.2) is 0 Å². The third kappa shape index (κ3) is 6.97. The van der Waals surface area contributed by atoms with Crippen LogP contribution >= 0.6 is 0 Å². The van der Waals surface area contributed by atoms with Gasteiger partial charge in [0.05, 0.1) is 13.2 Å². The monoisotopic (exact) mass is 256 g/mol. The van der Waals surface area contributed by atoms with E-state index in [1.165, 1.54) is 32.1 Å². The van der Waals surface area contributed by atoms with Crippen LogP contribution < -0.4 is 10.6 Å². The van der Waals surface area contributed by atoms with Gasteiger partial charge in [-0.15, -0.1) is 0 Å². The molecule has 106 valence electrons. The van der Waals surface area contributed by atoms with Crippen molar-refractivity contribution in [3.05, 3.63) is 0 Å². The number of amides is 1. The first kappa shape index (κ1) is 15.4. The zero-order valence-corrected chi connectivity index (χ0v) is 11.8. The molecule has 0 aliphatic heterocycles. The molecular weight excluding hydrogens is 228 g/mol. The van der Waals surface area contributed by atoms with Crippen molar-refractivity contribution in [3.8, 4) is 0 Å². The highest BCUT2D eigenvalue weighted by atomic mass is 16.5. The van der Waals surface area contributed by atoms with Crippen molar-refractivity contribution in [2.75, 3.05) is 33.4 Å². The Morgan fingerprint density at radius 2 is 2.17 bits per heavy atom. The average Bonchev–Trinajstić information content (AvgIpc) is 2.35. The van der Waals surface area contributed by atoms with Gasteiger partial charge in [0.1, 0.15) is 0 Å². The van der Waals surface area contributed by atoms with Crippen LogP contribution in [-0.4, -0.2) is 39.3 Å². The van der Waals surface area contributed by atoms with Gasteiger partial charge in [0.25, 0.3) is 0 Å². The predicted octanol–water partition coefficient (Wildman–Crippen LogP) is 1.55. The number of carbonyl (C=O) groups is 1. The van der Waals surface area contributed by atoms with Crippen LogP contribution in [0.3, 0.4) is 0 Å². The van der Waals surface area contributed by atoms with Crippen LogP contribution in [0.25, 0.3) is 0 Å². The van der Waals surface area contributed by atoms with E-state index >= 15 is 0 Å². The van der Waals surface area contributed by atoms with Crippen LogP contribution in [0.5, 0.6) is 0 Å². The molecule has 0 spiro atoms. The van der Waals surface area contributed by atoms with Crippen molar-refractivity contribution in [2.24, 2.45) is 11.8 Å². The Morgan fingerprint density at radius 1 is 1.33 bits per heavy atom. The number of hydrogen-bond donors (Lipinski definition) is 2. The molecule has 0 bridgehead atoms. The lowest BCUT2D eigenvalue weighted by Gasteiger charge is -2.26. The Hall–Kier alpha value is -0.610. The fourth-order valence-electron chi connectivity index (χ4n) is 2.69. The molecule has 2 atom stereocenters. The molecule has 1 rings (SSSR count). The van der Waals surface area contributed by atoms with Gasteiger partial charge in [-0.1, -0.05) is 26.2 Å². The number of nitrogens with one attached hydrogen (secondary N) is 2. The topological polar surface area (TPSA) is 50.4 Å². The van der Waals surface area contributed by atoms with Gasteiger partial charge >= 0.3 is 0 Å². The van der Waals surface area contributed by atoms with E-state index in [1.54, 1.807) is 7.11 Å². The van der Waals surface area contributed by atoms with Crippen molar-refractivity contribution in [1.82, 2.24) is 10.6 Å². The van der Waals surface area contributed by atoms with E-state index in [0.29, 0.717) is 19.7 Å². The highest BCUT2D eigenvalue weighted by Gasteiger charge is 2.18. The van der Waals surface area contributed by atoms with Gasteiger partial charge in [-0.05, 0) is 31.2 Å². The zero-order valence-electron chi connectivity index (χ0n) is 11.8. The third-order valence-corrected chi connectivity index (χ3v) is 3.69. The quantitative estimate of drug-likeness (QED) is 0.648. The molecule has 1 aliphatic carbocycles. The largest absolute Gasteiger partial charge is 0.383 e. The summed E-state index contributed by atoms with van der Waals surface area (Å²) in [5.41, 5.74) is 0. The lowest BCUT2D eigenvalue weighted by Crippen LogP contribution is -2.36. The summed E-state index contributed by atoms with van der Waals surface area (Å²) >= 11 is 0. The molecule has 4 nitrogen and oxygen atoms in total. The summed E-state index contributed by atoms with van der Waals surface area (Å²) in [7, 11) is 1.63. The maximum absolute atomic E-state index is 11.4. The first-order valence-electron chi connectivity index (χ1n) is 7.18. The summed E-state index contributed by atoms with van der Waals surface area (Å²) in [6.45, 7) is 4.90. The number of rotatable bonds is 8. The first-order valence-corrected chi connectivity index (χ1v) is 7.18. The summed E-state index contributed by atoms with van der Waals surface area (Å²) in [6, 6.07) is 0. The fourth-order valence-corrected chi connectivity index (χ4v) is 2.69. The van der Waals surface area contributed by atoms with Crippen molar-refractivity contribution in [1.29, 1.82) is 0 Å². The van der Waals surface area contributed by atoms with Gasteiger partial charge in [-0.25, -0.2) is 0 Å². The van der Waals surface area contributed by atoms with Crippen molar-refractivity contribution in [3.63, 3.8) is 0 Å². The average molecular weight is 256 g/mol. The van der Waals surface area contributed by atoms with Gasteiger partial charge in [0, 0.05) is 13.7 Å². The van der Waals surface area contributed by atoms with Gasteiger partial charge in [-0.3, -0.25) is 4.79 Å². The minimum Gasteiger partial charge on any atom is -0.383 e. The third-order valence-electron chi connectivity index (χ3n) is 3.69. The molecule has 0 radical (unpaired) electrons. The molecule has 0 aromatic carbocycles. The molecule has 2 N–H and O–H groups in total. The molecule has 1 fully saturated rings. The Labute approximate surface area is 111 Å². The minimum atomic E-state index is 0.0593. The zero-order chi connectivity index (χ0) is 13.2. The minimum absolute atomic E-state index is 0.0593. The highest BCUT2D eigenvalue weighted by Crippen LogP contribution is 2.30.